The molecule has 0 aromatic heterocycles. The zero-order valence-corrected chi connectivity index (χ0v) is 10.6. The number of benzene rings is 1. The van der Waals surface area contributed by atoms with Crippen LogP contribution in [0.2, 0.25) is 0 Å². The number of aryl methyl sites for hydroxylation is 1. The van der Waals surface area contributed by atoms with Crippen molar-refractivity contribution in [2.75, 3.05) is 14.2 Å². The largest absolute Gasteiger partial charge is 0.493 e. The highest BCUT2D eigenvalue weighted by molar-refractivity contribution is 5.96. The molecule has 0 aliphatic heterocycles. The fourth-order valence-electron chi connectivity index (χ4n) is 1.70. The average molecular weight is 252 g/mol. The van der Waals surface area contributed by atoms with Crippen LogP contribution in [-0.2, 0) is 11.2 Å². The highest BCUT2D eigenvalue weighted by Gasteiger charge is 2.14. The summed E-state index contributed by atoms with van der Waals surface area (Å²) < 4.78 is 10.2. The van der Waals surface area contributed by atoms with Crippen LogP contribution < -0.4 is 9.47 Å². The Morgan fingerprint density at radius 1 is 1.17 bits per heavy atom. The molecule has 0 saturated heterocycles. The average Bonchev–Trinajstić information content (AvgIpc) is 2.34. The van der Waals surface area contributed by atoms with Gasteiger partial charge in [-0.1, -0.05) is 0 Å². The van der Waals surface area contributed by atoms with Crippen molar-refractivity contribution in [3.8, 4) is 11.5 Å². The number of carboxylic acids is 1. The summed E-state index contributed by atoms with van der Waals surface area (Å²) >= 11 is 0. The maximum atomic E-state index is 11.5. The molecule has 5 nitrogen and oxygen atoms in total. The van der Waals surface area contributed by atoms with Gasteiger partial charge in [0.1, 0.15) is 0 Å². The summed E-state index contributed by atoms with van der Waals surface area (Å²) in [6.45, 7) is 1.44. The fraction of sp³-hybridized carbons (Fsp3) is 0.385. The summed E-state index contributed by atoms with van der Waals surface area (Å²) in [7, 11) is 2.98. The van der Waals surface area contributed by atoms with E-state index in [1.54, 1.807) is 12.1 Å². The predicted molar refractivity (Wildman–Crippen MR) is 65.5 cm³/mol. The van der Waals surface area contributed by atoms with Gasteiger partial charge in [-0.05, 0) is 31.0 Å². The molecule has 0 heterocycles. The highest BCUT2D eigenvalue weighted by Crippen LogP contribution is 2.31. The van der Waals surface area contributed by atoms with Crippen molar-refractivity contribution in [1.29, 1.82) is 0 Å². The van der Waals surface area contributed by atoms with Gasteiger partial charge in [-0.25, -0.2) is 0 Å². The molecule has 0 amide bonds. The Hall–Kier alpha value is -2.04. The Morgan fingerprint density at radius 3 is 2.17 bits per heavy atom. The number of hydrogen-bond acceptors (Lipinski definition) is 4. The molecule has 0 spiro atoms. The molecule has 0 bridgehead atoms. The summed E-state index contributed by atoms with van der Waals surface area (Å²) in [5, 5.41) is 8.69. The van der Waals surface area contributed by atoms with E-state index in [4.69, 9.17) is 14.6 Å². The van der Waals surface area contributed by atoms with Gasteiger partial charge >= 0.3 is 5.97 Å². The zero-order chi connectivity index (χ0) is 13.7. The molecule has 98 valence electrons. The number of Topliss-reactive ketones (excluding diaryl/α,β-unsaturated/α-hetero) is 1. The molecule has 1 N–H and O–H groups in total. The Kier molecular flexibility index (Phi) is 4.71. The third kappa shape index (κ3) is 3.23. The molecule has 1 aromatic rings. The van der Waals surface area contributed by atoms with Crippen molar-refractivity contribution < 1.29 is 24.2 Å². The second-order valence-corrected chi connectivity index (χ2v) is 3.81. The van der Waals surface area contributed by atoms with Crippen LogP contribution in [0.15, 0.2) is 12.1 Å². The van der Waals surface area contributed by atoms with Gasteiger partial charge in [-0.3, -0.25) is 9.59 Å². The Labute approximate surface area is 105 Å². The van der Waals surface area contributed by atoms with Gasteiger partial charge in [0.15, 0.2) is 17.3 Å². The number of hydrogen-bond donors (Lipinski definition) is 1. The molecule has 0 atom stereocenters. The lowest BCUT2D eigenvalue weighted by molar-refractivity contribution is -0.136. The topological polar surface area (TPSA) is 72.8 Å². The number of carbonyl (C=O) groups is 2. The van der Waals surface area contributed by atoms with Crippen LogP contribution in [0.3, 0.4) is 0 Å². The first-order valence-corrected chi connectivity index (χ1v) is 5.47. The number of methoxy groups -OCH3 is 2. The molecule has 0 radical (unpaired) electrons. The SMILES string of the molecule is COc1cc(CCC(=O)O)c(C(C)=O)cc1OC. The number of aliphatic carboxylic acids is 1. The summed E-state index contributed by atoms with van der Waals surface area (Å²) in [4.78, 5) is 22.1. The Morgan fingerprint density at radius 2 is 1.72 bits per heavy atom. The zero-order valence-electron chi connectivity index (χ0n) is 10.6. The van der Waals surface area contributed by atoms with E-state index in [1.807, 2.05) is 0 Å². The minimum absolute atomic E-state index is 0.0320. The molecule has 1 aromatic carbocycles. The molecule has 0 saturated carbocycles. The lowest BCUT2D eigenvalue weighted by Gasteiger charge is -2.12. The van der Waals surface area contributed by atoms with Gasteiger partial charge in [-0.15, -0.1) is 0 Å². The Balaban J connectivity index is 3.20. The van der Waals surface area contributed by atoms with Gasteiger partial charge in [0.2, 0.25) is 0 Å². The van der Waals surface area contributed by atoms with Gasteiger partial charge in [0, 0.05) is 12.0 Å². The number of rotatable bonds is 6. The van der Waals surface area contributed by atoms with Crippen LogP contribution in [0.5, 0.6) is 11.5 Å². The third-order valence-electron chi connectivity index (χ3n) is 2.60. The van der Waals surface area contributed by atoms with E-state index in [0.29, 0.717) is 22.6 Å². The first-order chi connectivity index (χ1) is 8.49. The summed E-state index contributed by atoms with van der Waals surface area (Å²) in [5.74, 6) is -0.0831. The molecule has 1 rings (SSSR count). The molecular formula is C13H16O5. The molecule has 0 unspecified atom stereocenters. The second kappa shape index (κ2) is 6.05. The number of carboxylic acid groups (broad SMARTS) is 1. The quantitative estimate of drug-likeness (QED) is 0.783. The van der Waals surface area contributed by atoms with E-state index in [0.717, 1.165) is 0 Å². The van der Waals surface area contributed by atoms with Crippen molar-refractivity contribution in [2.45, 2.75) is 19.8 Å². The van der Waals surface area contributed by atoms with E-state index in [9.17, 15) is 9.59 Å². The predicted octanol–water partition coefficient (Wildman–Crippen LogP) is 1.92. The molecule has 18 heavy (non-hydrogen) atoms. The minimum atomic E-state index is -0.903. The van der Waals surface area contributed by atoms with Crippen LogP contribution in [-0.4, -0.2) is 31.1 Å². The molecule has 0 fully saturated rings. The normalized spacial score (nSPS) is 9.94. The Bertz CT molecular complexity index is 465. The van der Waals surface area contributed by atoms with Crippen LogP contribution in [0.25, 0.3) is 0 Å². The van der Waals surface area contributed by atoms with E-state index in [-0.39, 0.29) is 18.6 Å². The number of ketones is 1. The van der Waals surface area contributed by atoms with Crippen LogP contribution in [0.4, 0.5) is 0 Å². The van der Waals surface area contributed by atoms with Gasteiger partial charge in [0.05, 0.1) is 14.2 Å². The van der Waals surface area contributed by atoms with Crippen molar-refractivity contribution in [1.82, 2.24) is 0 Å². The van der Waals surface area contributed by atoms with Crippen molar-refractivity contribution >= 4 is 11.8 Å². The summed E-state index contributed by atoms with van der Waals surface area (Å²) in [6.07, 6.45) is 0.250. The summed E-state index contributed by atoms with van der Waals surface area (Å²) in [6, 6.07) is 3.23. The maximum Gasteiger partial charge on any atom is 0.303 e. The van der Waals surface area contributed by atoms with Crippen molar-refractivity contribution in [3.05, 3.63) is 23.3 Å². The van der Waals surface area contributed by atoms with Crippen LogP contribution in [0.1, 0.15) is 29.3 Å². The maximum absolute atomic E-state index is 11.5. The lowest BCUT2D eigenvalue weighted by atomic mass is 9.99. The van der Waals surface area contributed by atoms with E-state index in [1.165, 1.54) is 21.1 Å². The van der Waals surface area contributed by atoms with Gasteiger partial charge in [-0.2, -0.15) is 0 Å². The second-order valence-electron chi connectivity index (χ2n) is 3.81. The standard InChI is InChI=1S/C13H16O5/c1-8(14)10-7-12(18-3)11(17-2)6-9(10)4-5-13(15)16/h6-7H,4-5H2,1-3H3,(H,15,16). The van der Waals surface area contributed by atoms with Gasteiger partial charge in [0.25, 0.3) is 0 Å². The summed E-state index contributed by atoms with van der Waals surface area (Å²) in [5.41, 5.74) is 1.12. The van der Waals surface area contributed by atoms with Gasteiger partial charge < -0.3 is 14.6 Å². The fourth-order valence-corrected chi connectivity index (χ4v) is 1.70. The number of ether oxygens (including phenoxy) is 2. The lowest BCUT2D eigenvalue weighted by Crippen LogP contribution is -2.05. The van der Waals surface area contributed by atoms with E-state index in [2.05, 4.69) is 0 Å². The monoisotopic (exact) mass is 252 g/mol. The third-order valence-corrected chi connectivity index (χ3v) is 2.60. The highest BCUT2D eigenvalue weighted by atomic mass is 16.5. The minimum Gasteiger partial charge on any atom is -0.493 e. The smallest absolute Gasteiger partial charge is 0.303 e. The van der Waals surface area contributed by atoms with Crippen LogP contribution in [0, 0.1) is 0 Å². The number of carbonyl (C=O) groups excluding carboxylic acids is 1. The molecule has 0 aliphatic rings. The van der Waals surface area contributed by atoms with E-state index < -0.39 is 5.97 Å². The first-order valence-electron chi connectivity index (χ1n) is 5.47. The molecule has 0 aliphatic carbocycles. The van der Waals surface area contributed by atoms with Crippen molar-refractivity contribution in [2.24, 2.45) is 0 Å². The van der Waals surface area contributed by atoms with E-state index >= 15 is 0 Å². The van der Waals surface area contributed by atoms with Crippen molar-refractivity contribution in [3.63, 3.8) is 0 Å². The molecule has 5 heteroatoms. The van der Waals surface area contributed by atoms with Crippen LogP contribution >= 0.6 is 0 Å². The first kappa shape index (κ1) is 14.0. The molecular weight excluding hydrogens is 236 g/mol.